The van der Waals surface area contributed by atoms with E-state index in [4.69, 9.17) is 0 Å². The Hall–Kier alpha value is -2.51. The van der Waals surface area contributed by atoms with Crippen LogP contribution in [0.15, 0.2) is 29.1 Å². The van der Waals surface area contributed by atoms with Crippen LogP contribution in [-0.2, 0) is 13.1 Å². The number of rotatable bonds is 4. The summed E-state index contributed by atoms with van der Waals surface area (Å²) in [5.74, 6) is -1.66. The third-order valence-corrected chi connectivity index (χ3v) is 8.18. The van der Waals surface area contributed by atoms with E-state index in [0.29, 0.717) is 44.5 Å². The van der Waals surface area contributed by atoms with E-state index in [1.807, 2.05) is 0 Å². The van der Waals surface area contributed by atoms with Crippen molar-refractivity contribution in [3.63, 3.8) is 0 Å². The van der Waals surface area contributed by atoms with Crippen LogP contribution in [0.25, 0.3) is 0 Å². The highest BCUT2D eigenvalue weighted by Crippen LogP contribution is 2.53. The number of fused-ring (bicyclic) bond motifs is 1. The summed E-state index contributed by atoms with van der Waals surface area (Å²) in [6.45, 7) is 1.30. The molecule has 1 aromatic heterocycles. The quantitative estimate of drug-likeness (QED) is 0.524. The Labute approximate surface area is 192 Å². The SMILES string of the molecule is CN1CCCN(C2CCCCn3c2nc(C(=O)NCc2ccc(F)cc2)c(O)c3=O)S1(O)O. The van der Waals surface area contributed by atoms with Gasteiger partial charge in [0, 0.05) is 33.2 Å². The number of aromatic hydroxyl groups is 1. The lowest BCUT2D eigenvalue weighted by molar-refractivity contribution is 0.0941. The number of amides is 1. The first kappa shape index (κ1) is 23.6. The third kappa shape index (κ3) is 4.62. The maximum atomic E-state index is 13.1. The van der Waals surface area contributed by atoms with E-state index in [2.05, 4.69) is 10.3 Å². The molecule has 2 aliphatic heterocycles. The number of halogens is 1. The molecule has 1 unspecified atom stereocenters. The predicted molar refractivity (Wildman–Crippen MR) is 121 cm³/mol. The zero-order valence-corrected chi connectivity index (χ0v) is 19.1. The largest absolute Gasteiger partial charge is 0.501 e. The Morgan fingerprint density at radius 3 is 2.64 bits per heavy atom. The van der Waals surface area contributed by atoms with Gasteiger partial charge in [0.15, 0.2) is 5.69 Å². The van der Waals surface area contributed by atoms with Crippen molar-refractivity contribution >= 4 is 16.9 Å². The molecular formula is C21H28FN5O5S. The Morgan fingerprint density at radius 1 is 1.18 bits per heavy atom. The van der Waals surface area contributed by atoms with Crippen LogP contribution in [0.3, 0.4) is 0 Å². The second-order valence-corrected chi connectivity index (χ2v) is 10.4. The molecule has 4 rings (SSSR count). The van der Waals surface area contributed by atoms with Gasteiger partial charge in [-0.25, -0.2) is 9.37 Å². The van der Waals surface area contributed by atoms with Gasteiger partial charge in [-0.1, -0.05) is 23.1 Å². The van der Waals surface area contributed by atoms with Crippen molar-refractivity contribution in [1.29, 1.82) is 0 Å². The lowest BCUT2D eigenvalue weighted by Crippen LogP contribution is -2.46. The van der Waals surface area contributed by atoms with Crippen molar-refractivity contribution in [3.05, 3.63) is 57.5 Å². The van der Waals surface area contributed by atoms with Gasteiger partial charge < -0.3 is 10.4 Å². The van der Waals surface area contributed by atoms with Crippen molar-refractivity contribution in [2.24, 2.45) is 0 Å². The second-order valence-electron chi connectivity index (χ2n) is 8.28. The van der Waals surface area contributed by atoms with E-state index in [1.165, 1.54) is 33.1 Å². The Kier molecular flexibility index (Phi) is 6.73. The van der Waals surface area contributed by atoms with Crippen LogP contribution in [0.4, 0.5) is 4.39 Å². The fraction of sp³-hybridized carbons (Fsp3) is 0.476. The van der Waals surface area contributed by atoms with Crippen LogP contribution in [0.2, 0.25) is 0 Å². The van der Waals surface area contributed by atoms with Crippen molar-refractivity contribution in [2.75, 3.05) is 20.1 Å². The molecule has 10 nitrogen and oxygen atoms in total. The molecule has 3 heterocycles. The molecule has 2 aromatic rings. The van der Waals surface area contributed by atoms with Crippen molar-refractivity contribution in [1.82, 2.24) is 23.5 Å². The molecule has 0 radical (unpaired) electrons. The first-order valence-electron chi connectivity index (χ1n) is 10.8. The smallest absolute Gasteiger partial charge is 0.296 e. The van der Waals surface area contributed by atoms with E-state index in [1.54, 1.807) is 11.4 Å². The normalized spacial score (nSPS) is 22.2. The molecule has 12 heteroatoms. The summed E-state index contributed by atoms with van der Waals surface area (Å²) in [5, 5.41) is 13.1. The molecule has 33 heavy (non-hydrogen) atoms. The van der Waals surface area contributed by atoms with E-state index in [0.717, 1.165) is 6.42 Å². The maximum Gasteiger partial charge on any atom is 0.296 e. The summed E-state index contributed by atoms with van der Waals surface area (Å²) < 4.78 is 39.1. The lowest BCUT2D eigenvalue weighted by Gasteiger charge is -2.53. The molecule has 0 bridgehead atoms. The van der Waals surface area contributed by atoms with E-state index < -0.39 is 45.7 Å². The minimum Gasteiger partial charge on any atom is -0.501 e. The van der Waals surface area contributed by atoms with Crippen molar-refractivity contribution in [3.8, 4) is 5.75 Å². The number of carbonyl (C=O) groups excluding carboxylic acids is 1. The van der Waals surface area contributed by atoms with Gasteiger partial charge in [0.05, 0.1) is 6.04 Å². The second kappa shape index (κ2) is 9.39. The average molecular weight is 482 g/mol. The number of carbonyl (C=O) groups is 1. The first-order valence-corrected chi connectivity index (χ1v) is 12.3. The van der Waals surface area contributed by atoms with Crippen LogP contribution < -0.4 is 10.9 Å². The number of nitrogens with one attached hydrogen (secondary N) is 1. The molecule has 1 fully saturated rings. The van der Waals surface area contributed by atoms with E-state index in [9.17, 15) is 28.2 Å². The summed E-state index contributed by atoms with van der Waals surface area (Å²) >= 11 is 0. The summed E-state index contributed by atoms with van der Waals surface area (Å²) in [4.78, 5) is 30.2. The van der Waals surface area contributed by atoms with Gasteiger partial charge in [-0.15, -0.1) is 0 Å². The predicted octanol–water partition coefficient (Wildman–Crippen LogP) is 2.46. The van der Waals surface area contributed by atoms with Gasteiger partial charge in [-0.2, -0.15) is 8.61 Å². The van der Waals surface area contributed by atoms with Gasteiger partial charge in [0.2, 0.25) is 5.75 Å². The number of hydrogen-bond acceptors (Lipinski definition) is 8. The van der Waals surface area contributed by atoms with Crippen molar-refractivity contribution < 1.29 is 23.4 Å². The minimum atomic E-state index is -3.25. The van der Waals surface area contributed by atoms with Crippen LogP contribution >= 0.6 is 11.0 Å². The molecule has 0 aliphatic carbocycles. The van der Waals surface area contributed by atoms with Crippen LogP contribution in [0, 0.1) is 5.82 Å². The molecule has 4 N–H and O–H groups in total. The molecule has 1 amide bonds. The monoisotopic (exact) mass is 481 g/mol. The molecular weight excluding hydrogens is 453 g/mol. The summed E-state index contributed by atoms with van der Waals surface area (Å²) in [6, 6.07) is 4.97. The highest BCUT2D eigenvalue weighted by atomic mass is 32.3. The Bertz CT molecular complexity index is 1090. The summed E-state index contributed by atoms with van der Waals surface area (Å²) in [6.07, 6.45) is 2.60. The molecule has 1 atom stereocenters. The number of benzene rings is 1. The van der Waals surface area contributed by atoms with Crippen LogP contribution in [0.5, 0.6) is 5.75 Å². The maximum absolute atomic E-state index is 13.1. The van der Waals surface area contributed by atoms with Gasteiger partial charge in [0.25, 0.3) is 11.5 Å². The zero-order valence-electron chi connectivity index (χ0n) is 18.3. The number of hydrogen-bond donors (Lipinski definition) is 4. The fourth-order valence-corrected chi connectivity index (χ4v) is 5.91. The highest BCUT2D eigenvalue weighted by molar-refractivity contribution is 8.20. The molecule has 0 saturated carbocycles. The summed E-state index contributed by atoms with van der Waals surface area (Å²) in [5.41, 5.74) is -0.512. The highest BCUT2D eigenvalue weighted by Gasteiger charge is 2.40. The van der Waals surface area contributed by atoms with Gasteiger partial charge >= 0.3 is 0 Å². The van der Waals surface area contributed by atoms with Crippen LogP contribution in [-0.4, -0.2) is 58.4 Å². The molecule has 180 valence electrons. The first-order chi connectivity index (χ1) is 15.7. The van der Waals surface area contributed by atoms with Gasteiger partial charge in [-0.05, 0) is 43.4 Å². The summed E-state index contributed by atoms with van der Waals surface area (Å²) in [7, 11) is -1.62. The fourth-order valence-electron chi connectivity index (χ4n) is 4.27. The lowest BCUT2D eigenvalue weighted by atomic mass is 10.1. The Balaban J connectivity index is 1.68. The molecule has 2 aliphatic rings. The molecule has 0 spiro atoms. The number of nitrogens with zero attached hydrogens (tertiary/aromatic N) is 4. The van der Waals surface area contributed by atoms with E-state index in [-0.39, 0.29) is 12.4 Å². The minimum absolute atomic E-state index is 0.0551. The average Bonchev–Trinajstić information content (AvgIpc) is 3.00. The molecule has 1 aromatic carbocycles. The molecule has 1 saturated heterocycles. The van der Waals surface area contributed by atoms with Crippen molar-refractivity contribution in [2.45, 2.75) is 44.8 Å². The zero-order chi connectivity index (χ0) is 23.8. The van der Waals surface area contributed by atoms with Gasteiger partial charge in [0.1, 0.15) is 11.6 Å². The third-order valence-electron chi connectivity index (χ3n) is 6.10. The van der Waals surface area contributed by atoms with E-state index >= 15 is 0 Å². The van der Waals surface area contributed by atoms with Gasteiger partial charge in [-0.3, -0.25) is 23.3 Å². The van der Waals surface area contributed by atoms with Crippen LogP contribution in [0.1, 0.15) is 53.6 Å². The standard InChI is InChI=1S/C21H28FN5O5S/c1-25-10-4-12-27(33(25,31)32)16-5-2-3-11-26-19(16)24-17(18(28)21(26)30)20(29)23-13-14-6-8-15(22)9-7-14/h6-9,16,28,31-32H,2-5,10-13H2,1H3,(H,23,29). The Morgan fingerprint density at radius 2 is 1.91 bits per heavy atom. The number of aromatic nitrogens is 2. The topological polar surface area (TPSA) is 131 Å².